The second-order valence-corrected chi connectivity index (χ2v) is 11.2. The number of hydrogen-bond acceptors (Lipinski definition) is 5. The van der Waals surface area contributed by atoms with Crippen molar-refractivity contribution in [2.45, 2.75) is 76.8 Å². The lowest BCUT2D eigenvalue weighted by molar-refractivity contribution is -0.148. The monoisotopic (exact) mass is 519 g/mol. The van der Waals surface area contributed by atoms with Crippen molar-refractivity contribution in [2.24, 2.45) is 11.8 Å². The van der Waals surface area contributed by atoms with Gasteiger partial charge in [0.15, 0.2) is 0 Å². The standard InChI is InChI=1S/C30H37N3O5/c1-5-21(17-34)33-25(27(36)32-22-15-18(2)11-12-19(22)3)30-14-13-29(4,38-30)23(24(30)28(33)37)26(35)31-16-20-9-7-6-8-10-20/h6-12,15,21,23-25,34H,5,13-14,16-17H2,1-4H3,(H,31,35)(H,32,36)/t21-,23+,24-,25?,29-,30?/m0/s1. The van der Waals surface area contributed by atoms with Crippen LogP contribution in [0.4, 0.5) is 5.69 Å². The number of benzene rings is 2. The number of ether oxygens (including phenoxy) is 1. The van der Waals surface area contributed by atoms with Crippen LogP contribution in [-0.2, 0) is 25.7 Å². The lowest BCUT2D eigenvalue weighted by atomic mass is 9.66. The van der Waals surface area contributed by atoms with Gasteiger partial charge in [-0.1, -0.05) is 49.4 Å². The minimum absolute atomic E-state index is 0.246. The van der Waals surface area contributed by atoms with E-state index < -0.39 is 35.1 Å². The highest BCUT2D eigenvalue weighted by molar-refractivity contribution is 6.04. The molecule has 2 aromatic rings. The molecule has 5 rings (SSSR count). The maximum Gasteiger partial charge on any atom is 0.250 e. The molecule has 2 aromatic carbocycles. The Kier molecular flexibility index (Phi) is 6.82. The molecule has 0 aliphatic carbocycles. The Morgan fingerprint density at radius 1 is 1.13 bits per heavy atom. The Labute approximate surface area is 223 Å². The number of amides is 3. The van der Waals surface area contributed by atoms with Gasteiger partial charge in [0.05, 0.1) is 30.1 Å². The fraction of sp³-hybridized carbons (Fsp3) is 0.500. The number of likely N-dealkylation sites (tertiary alicyclic amines) is 1. The summed E-state index contributed by atoms with van der Waals surface area (Å²) in [6.45, 7) is 7.70. The molecule has 3 heterocycles. The van der Waals surface area contributed by atoms with Crippen LogP contribution in [0.25, 0.3) is 0 Å². The molecule has 6 atom stereocenters. The van der Waals surface area contributed by atoms with E-state index in [0.29, 0.717) is 31.5 Å². The van der Waals surface area contributed by atoms with Crippen LogP contribution in [-0.4, -0.2) is 57.6 Å². The van der Waals surface area contributed by atoms with E-state index in [4.69, 9.17) is 4.74 Å². The molecule has 38 heavy (non-hydrogen) atoms. The number of aliphatic hydroxyl groups excluding tert-OH is 1. The van der Waals surface area contributed by atoms with Crippen LogP contribution in [0, 0.1) is 25.7 Å². The largest absolute Gasteiger partial charge is 0.394 e. The Hall–Kier alpha value is -3.23. The van der Waals surface area contributed by atoms with E-state index in [1.807, 2.05) is 76.2 Å². The smallest absolute Gasteiger partial charge is 0.250 e. The van der Waals surface area contributed by atoms with Crippen LogP contribution in [0.3, 0.4) is 0 Å². The van der Waals surface area contributed by atoms with E-state index in [9.17, 15) is 19.5 Å². The fourth-order valence-electron chi connectivity index (χ4n) is 6.84. The third-order valence-electron chi connectivity index (χ3n) is 8.78. The summed E-state index contributed by atoms with van der Waals surface area (Å²) in [4.78, 5) is 43.3. The molecule has 202 valence electrons. The average Bonchev–Trinajstić information content (AvgIpc) is 3.47. The van der Waals surface area contributed by atoms with E-state index in [1.165, 1.54) is 4.90 Å². The van der Waals surface area contributed by atoms with E-state index >= 15 is 0 Å². The summed E-state index contributed by atoms with van der Waals surface area (Å²) in [5.41, 5.74) is 1.56. The number of anilines is 1. The normalized spacial score (nSPS) is 30.3. The maximum absolute atomic E-state index is 14.1. The molecule has 3 N–H and O–H groups in total. The predicted octanol–water partition coefficient (Wildman–Crippen LogP) is 3.09. The van der Waals surface area contributed by atoms with Crippen LogP contribution in [0.5, 0.6) is 0 Å². The molecule has 8 nitrogen and oxygen atoms in total. The van der Waals surface area contributed by atoms with Crippen molar-refractivity contribution in [1.82, 2.24) is 10.2 Å². The molecule has 2 bridgehead atoms. The molecule has 3 fully saturated rings. The Morgan fingerprint density at radius 2 is 1.87 bits per heavy atom. The number of carbonyl (C=O) groups is 3. The number of rotatable bonds is 8. The van der Waals surface area contributed by atoms with E-state index in [-0.39, 0.29) is 24.3 Å². The zero-order chi connectivity index (χ0) is 27.2. The second kappa shape index (κ2) is 9.82. The summed E-state index contributed by atoms with van der Waals surface area (Å²) in [5.74, 6) is -2.42. The summed E-state index contributed by atoms with van der Waals surface area (Å²) in [6, 6.07) is 13.9. The highest BCUT2D eigenvalue weighted by atomic mass is 16.5. The van der Waals surface area contributed by atoms with Gasteiger partial charge in [0.2, 0.25) is 17.7 Å². The van der Waals surface area contributed by atoms with Crippen molar-refractivity contribution in [3.8, 4) is 0 Å². The number of nitrogens with zero attached hydrogens (tertiary/aromatic N) is 1. The highest BCUT2D eigenvalue weighted by Crippen LogP contribution is 2.63. The number of aliphatic hydroxyl groups is 1. The molecule has 1 spiro atoms. The van der Waals surface area contributed by atoms with Gasteiger partial charge in [-0.2, -0.15) is 0 Å². The summed E-state index contributed by atoms with van der Waals surface area (Å²) < 4.78 is 6.66. The number of nitrogens with one attached hydrogen (secondary N) is 2. The van der Waals surface area contributed by atoms with Gasteiger partial charge in [-0.3, -0.25) is 14.4 Å². The minimum Gasteiger partial charge on any atom is -0.394 e. The first-order valence-corrected chi connectivity index (χ1v) is 13.5. The second-order valence-electron chi connectivity index (χ2n) is 11.2. The molecule has 3 aliphatic rings. The number of aryl methyl sites for hydroxylation is 2. The molecule has 0 radical (unpaired) electrons. The van der Waals surface area contributed by atoms with Gasteiger partial charge >= 0.3 is 0 Å². The molecule has 8 heteroatoms. The van der Waals surface area contributed by atoms with Gasteiger partial charge < -0.3 is 25.4 Å². The average molecular weight is 520 g/mol. The first-order valence-electron chi connectivity index (χ1n) is 13.5. The van der Waals surface area contributed by atoms with Crippen molar-refractivity contribution in [3.05, 3.63) is 65.2 Å². The van der Waals surface area contributed by atoms with Crippen molar-refractivity contribution in [1.29, 1.82) is 0 Å². The molecule has 0 saturated carbocycles. The molecule has 3 aliphatic heterocycles. The SMILES string of the molecule is CC[C@@H](CO)N1C(=O)[C@@H]2[C@H](C(=O)NCc3ccccc3)[C@]3(C)CCC2(O3)C1C(=O)Nc1cc(C)ccc1C. The molecule has 0 aromatic heterocycles. The summed E-state index contributed by atoms with van der Waals surface area (Å²) in [5, 5.41) is 16.3. The van der Waals surface area contributed by atoms with E-state index in [0.717, 1.165) is 16.7 Å². The van der Waals surface area contributed by atoms with Gasteiger partial charge in [-0.05, 0) is 62.8 Å². The first-order chi connectivity index (χ1) is 18.1. The lowest BCUT2D eigenvalue weighted by Crippen LogP contribution is -2.56. The fourth-order valence-corrected chi connectivity index (χ4v) is 6.84. The van der Waals surface area contributed by atoms with Crippen LogP contribution in [0.1, 0.15) is 49.8 Å². The molecule has 3 saturated heterocycles. The van der Waals surface area contributed by atoms with Gasteiger partial charge in [-0.15, -0.1) is 0 Å². The highest BCUT2D eigenvalue weighted by Gasteiger charge is 2.78. The molecular formula is C30H37N3O5. The lowest BCUT2D eigenvalue weighted by Gasteiger charge is -2.36. The molecule has 2 unspecified atom stereocenters. The maximum atomic E-state index is 14.1. The van der Waals surface area contributed by atoms with E-state index in [1.54, 1.807) is 0 Å². The summed E-state index contributed by atoms with van der Waals surface area (Å²) >= 11 is 0. The topological polar surface area (TPSA) is 108 Å². The van der Waals surface area contributed by atoms with Crippen molar-refractivity contribution < 1.29 is 24.2 Å². The third kappa shape index (κ3) is 4.10. The summed E-state index contributed by atoms with van der Waals surface area (Å²) in [6.07, 6.45) is 1.53. The Balaban J connectivity index is 1.50. The van der Waals surface area contributed by atoms with Crippen LogP contribution >= 0.6 is 0 Å². The van der Waals surface area contributed by atoms with Crippen LogP contribution in [0.15, 0.2) is 48.5 Å². The zero-order valence-electron chi connectivity index (χ0n) is 22.5. The third-order valence-corrected chi connectivity index (χ3v) is 8.78. The van der Waals surface area contributed by atoms with Gasteiger partial charge in [0, 0.05) is 12.2 Å². The molecular weight excluding hydrogens is 482 g/mol. The van der Waals surface area contributed by atoms with Gasteiger partial charge in [0.25, 0.3) is 0 Å². The summed E-state index contributed by atoms with van der Waals surface area (Å²) in [7, 11) is 0. The first kappa shape index (κ1) is 26.4. The number of fused-ring (bicyclic) bond motifs is 1. The van der Waals surface area contributed by atoms with Gasteiger partial charge in [0.1, 0.15) is 11.6 Å². The van der Waals surface area contributed by atoms with E-state index in [2.05, 4.69) is 10.6 Å². The van der Waals surface area contributed by atoms with Crippen LogP contribution < -0.4 is 10.6 Å². The van der Waals surface area contributed by atoms with Gasteiger partial charge in [-0.25, -0.2) is 0 Å². The Bertz CT molecular complexity index is 1250. The van der Waals surface area contributed by atoms with Crippen LogP contribution in [0.2, 0.25) is 0 Å². The quantitative estimate of drug-likeness (QED) is 0.497. The zero-order valence-corrected chi connectivity index (χ0v) is 22.5. The Morgan fingerprint density at radius 3 is 2.55 bits per heavy atom. The predicted molar refractivity (Wildman–Crippen MR) is 143 cm³/mol. The van der Waals surface area contributed by atoms with Crippen molar-refractivity contribution in [3.63, 3.8) is 0 Å². The number of hydrogen-bond donors (Lipinski definition) is 3. The van der Waals surface area contributed by atoms with Crippen molar-refractivity contribution in [2.75, 3.05) is 11.9 Å². The minimum atomic E-state index is -1.13. The molecule has 3 amide bonds. The van der Waals surface area contributed by atoms with Crippen molar-refractivity contribution >= 4 is 23.4 Å². The number of carbonyl (C=O) groups excluding carboxylic acids is 3.